The van der Waals surface area contributed by atoms with E-state index in [1.54, 1.807) is 6.92 Å². The van der Waals surface area contributed by atoms with Crippen molar-refractivity contribution in [1.82, 2.24) is 5.32 Å². The fraction of sp³-hybridized carbons (Fsp3) is 0.381. The van der Waals surface area contributed by atoms with Gasteiger partial charge >= 0.3 is 0 Å². The summed E-state index contributed by atoms with van der Waals surface area (Å²) in [6.45, 7) is 3.02. The summed E-state index contributed by atoms with van der Waals surface area (Å²) in [7, 11) is -3.84. The molecule has 0 spiro atoms. The number of sulfonamides is 1. The van der Waals surface area contributed by atoms with E-state index in [0.29, 0.717) is 5.56 Å². The Bertz CT molecular complexity index is 1100. The quantitative estimate of drug-likeness (QED) is 0.535. The molecule has 1 aliphatic rings. The number of nitrogens with one attached hydrogen (secondary N) is 1. The molecule has 30 heavy (non-hydrogen) atoms. The van der Waals surface area contributed by atoms with Crippen LogP contribution in [0.15, 0.2) is 36.4 Å². The maximum absolute atomic E-state index is 12.7. The molecule has 0 radical (unpaired) electrons. The first-order valence-electron chi connectivity index (χ1n) is 9.70. The average molecular weight is 432 g/mol. The number of anilines is 1. The Morgan fingerprint density at radius 2 is 1.90 bits per heavy atom. The number of hydrogen-bond donors (Lipinski definition) is 1. The zero-order chi connectivity index (χ0) is 22.1. The third-order valence-electron chi connectivity index (χ3n) is 5.36. The van der Waals surface area contributed by atoms with Crippen molar-refractivity contribution in [1.29, 1.82) is 0 Å². The lowest BCUT2D eigenvalue weighted by molar-refractivity contribution is -0.384. The number of carbonyl (C=O) groups is 1. The molecule has 0 unspecified atom stereocenters. The second kappa shape index (κ2) is 8.43. The third kappa shape index (κ3) is 4.79. The van der Waals surface area contributed by atoms with Gasteiger partial charge in [-0.3, -0.25) is 19.2 Å². The summed E-state index contributed by atoms with van der Waals surface area (Å²) in [6, 6.07) is 9.80. The van der Waals surface area contributed by atoms with Gasteiger partial charge in [0.15, 0.2) is 0 Å². The number of carbonyl (C=O) groups excluding carboxylic acids is 1. The van der Waals surface area contributed by atoms with E-state index in [2.05, 4.69) is 17.4 Å². The van der Waals surface area contributed by atoms with Crippen molar-refractivity contribution in [2.75, 3.05) is 17.1 Å². The van der Waals surface area contributed by atoms with Crippen molar-refractivity contribution in [3.05, 3.63) is 68.8 Å². The Hall–Kier alpha value is -2.94. The highest BCUT2D eigenvalue weighted by atomic mass is 32.2. The van der Waals surface area contributed by atoms with E-state index in [0.717, 1.165) is 35.4 Å². The summed E-state index contributed by atoms with van der Waals surface area (Å²) in [5.41, 5.74) is 3.98. The van der Waals surface area contributed by atoms with Crippen LogP contribution in [0.2, 0.25) is 0 Å². The van der Waals surface area contributed by atoms with Crippen molar-refractivity contribution in [3.63, 3.8) is 0 Å². The Labute approximate surface area is 176 Å². The fourth-order valence-electron chi connectivity index (χ4n) is 3.72. The molecule has 8 nitrogen and oxygen atoms in total. The zero-order valence-electron chi connectivity index (χ0n) is 17.2. The Kier molecular flexibility index (Phi) is 6.12. The highest BCUT2D eigenvalue weighted by Crippen LogP contribution is 2.28. The second-order valence-electron chi connectivity index (χ2n) is 7.67. The molecule has 0 saturated carbocycles. The Morgan fingerprint density at radius 3 is 2.57 bits per heavy atom. The molecule has 0 heterocycles. The number of nitro benzene ring substituents is 1. The van der Waals surface area contributed by atoms with E-state index < -0.39 is 27.4 Å². The molecular weight excluding hydrogens is 406 g/mol. The molecule has 160 valence electrons. The van der Waals surface area contributed by atoms with Gasteiger partial charge < -0.3 is 5.32 Å². The van der Waals surface area contributed by atoms with Gasteiger partial charge in [-0.2, -0.15) is 0 Å². The van der Waals surface area contributed by atoms with Crippen LogP contribution in [-0.4, -0.2) is 32.0 Å². The SMILES string of the molecule is Cc1ccc([N+](=O)[O-])cc1N(CC(=O)N[C@@H](C)c1ccc2c(c1)CCC2)S(C)(=O)=O. The van der Waals surface area contributed by atoms with Gasteiger partial charge in [0, 0.05) is 12.1 Å². The van der Waals surface area contributed by atoms with Crippen LogP contribution in [0.1, 0.15) is 41.6 Å². The Balaban J connectivity index is 1.80. The molecule has 0 aliphatic heterocycles. The minimum absolute atomic E-state index is 0.118. The number of aryl methyl sites for hydroxylation is 3. The van der Waals surface area contributed by atoms with Crippen LogP contribution >= 0.6 is 0 Å². The monoisotopic (exact) mass is 431 g/mol. The Morgan fingerprint density at radius 1 is 1.20 bits per heavy atom. The van der Waals surface area contributed by atoms with Gasteiger partial charge in [0.2, 0.25) is 15.9 Å². The van der Waals surface area contributed by atoms with Crippen LogP contribution in [0.4, 0.5) is 11.4 Å². The average Bonchev–Trinajstić information content (AvgIpc) is 3.13. The zero-order valence-corrected chi connectivity index (χ0v) is 18.0. The molecule has 9 heteroatoms. The number of fused-ring (bicyclic) bond motifs is 1. The van der Waals surface area contributed by atoms with E-state index in [1.165, 1.54) is 29.3 Å². The van der Waals surface area contributed by atoms with E-state index >= 15 is 0 Å². The maximum atomic E-state index is 12.7. The number of amides is 1. The van der Waals surface area contributed by atoms with Gasteiger partial charge in [0.25, 0.3) is 5.69 Å². The molecule has 1 N–H and O–H groups in total. The number of hydrogen-bond acceptors (Lipinski definition) is 5. The molecular formula is C21H25N3O5S. The smallest absolute Gasteiger partial charge is 0.271 e. The predicted molar refractivity (Wildman–Crippen MR) is 115 cm³/mol. The van der Waals surface area contributed by atoms with Crippen LogP contribution in [0, 0.1) is 17.0 Å². The molecule has 0 aromatic heterocycles. The summed E-state index contributed by atoms with van der Waals surface area (Å²) >= 11 is 0. The fourth-order valence-corrected chi connectivity index (χ4v) is 4.63. The summed E-state index contributed by atoms with van der Waals surface area (Å²) in [4.78, 5) is 23.2. The van der Waals surface area contributed by atoms with Gasteiger partial charge in [-0.05, 0) is 55.4 Å². The number of nitro groups is 1. The van der Waals surface area contributed by atoms with Crippen LogP contribution in [-0.2, 0) is 27.7 Å². The van der Waals surface area contributed by atoms with Gasteiger partial charge in [-0.1, -0.05) is 24.3 Å². The van der Waals surface area contributed by atoms with Gasteiger partial charge in [-0.15, -0.1) is 0 Å². The topological polar surface area (TPSA) is 110 Å². The highest BCUT2D eigenvalue weighted by molar-refractivity contribution is 7.92. The van der Waals surface area contributed by atoms with Crippen LogP contribution in [0.25, 0.3) is 0 Å². The first-order valence-corrected chi connectivity index (χ1v) is 11.5. The standard InChI is InChI=1S/C21H25N3O5S/c1-14-7-10-19(24(26)27)12-20(14)23(30(3,28)29)13-21(25)22-15(2)17-9-8-16-5-4-6-18(16)11-17/h7-12,15H,4-6,13H2,1-3H3,(H,22,25)/t15-/m0/s1. The van der Waals surface area contributed by atoms with E-state index in [9.17, 15) is 23.3 Å². The number of non-ortho nitro benzene ring substituents is 1. The first kappa shape index (κ1) is 21.8. The van der Waals surface area contributed by atoms with E-state index in [1.807, 2.05) is 13.0 Å². The number of benzene rings is 2. The minimum atomic E-state index is -3.84. The molecule has 0 fully saturated rings. The summed E-state index contributed by atoms with van der Waals surface area (Å²) in [5.74, 6) is -0.487. The largest absolute Gasteiger partial charge is 0.348 e. The third-order valence-corrected chi connectivity index (χ3v) is 6.49. The van der Waals surface area contributed by atoms with Crippen molar-refractivity contribution in [3.8, 4) is 0 Å². The molecule has 0 saturated heterocycles. The van der Waals surface area contributed by atoms with Gasteiger partial charge in [0.05, 0.1) is 22.9 Å². The summed E-state index contributed by atoms with van der Waals surface area (Å²) < 4.78 is 25.6. The molecule has 2 aromatic carbocycles. The molecule has 3 rings (SSSR count). The number of rotatable bonds is 7. The highest BCUT2D eigenvalue weighted by Gasteiger charge is 2.25. The van der Waals surface area contributed by atoms with E-state index in [4.69, 9.17) is 0 Å². The van der Waals surface area contributed by atoms with Crippen molar-refractivity contribution in [2.45, 2.75) is 39.2 Å². The predicted octanol–water partition coefficient (Wildman–Crippen LogP) is 3.04. The number of nitrogens with zero attached hydrogens (tertiary/aromatic N) is 2. The van der Waals surface area contributed by atoms with Crippen LogP contribution < -0.4 is 9.62 Å². The first-order chi connectivity index (χ1) is 14.1. The second-order valence-corrected chi connectivity index (χ2v) is 9.58. The molecule has 0 bridgehead atoms. The lowest BCUT2D eigenvalue weighted by Gasteiger charge is -2.24. The molecule has 1 amide bonds. The maximum Gasteiger partial charge on any atom is 0.271 e. The lowest BCUT2D eigenvalue weighted by Crippen LogP contribution is -2.41. The van der Waals surface area contributed by atoms with Gasteiger partial charge in [0.1, 0.15) is 6.54 Å². The minimum Gasteiger partial charge on any atom is -0.348 e. The normalized spacial score (nSPS) is 14.1. The molecule has 2 aromatic rings. The van der Waals surface area contributed by atoms with Crippen LogP contribution in [0.5, 0.6) is 0 Å². The van der Waals surface area contributed by atoms with E-state index in [-0.39, 0.29) is 17.4 Å². The van der Waals surface area contributed by atoms with Crippen molar-refractivity contribution >= 4 is 27.3 Å². The van der Waals surface area contributed by atoms with Gasteiger partial charge in [-0.25, -0.2) is 8.42 Å². The summed E-state index contributed by atoms with van der Waals surface area (Å²) in [6.07, 6.45) is 4.20. The van der Waals surface area contributed by atoms with Crippen LogP contribution in [0.3, 0.4) is 0 Å². The van der Waals surface area contributed by atoms with Crippen molar-refractivity contribution < 1.29 is 18.1 Å². The van der Waals surface area contributed by atoms with Crippen molar-refractivity contribution in [2.24, 2.45) is 0 Å². The summed E-state index contributed by atoms with van der Waals surface area (Å²) in [5, 5.41) is 13.9. The molecule has 1 atom stereocenters. The molecule has 1 aliphatic carbocycles. The lowest BCUT2D eigenvalue weighted by atomic mass is 10.0.